The van der Waals surface area contributed by atoms with Crippen LogP contribution in [-0.2, 0) is 19.1 Å². The number of unbranched alkanes of at least 4 members (excludes halogenated alkanes) is 25. The molecule has 0 amide bonds. The molecule has 1 atom stereocenters. The topological polar surface area (TPSA) is 72.8 Å². The van der Waals surface area contributed by atoms with E-state index in [-0.39, 0.29) is 25.2 Å². The van der Waals surface area contributed by atoms with Gasteiger partial charge < -0.3 is 14.6 Å². The minimum absolute atomic E-state index is 0.0710. The van der Waals surface area contributed by atoms with Crippen LogP contribution in [0.1, 0.15) is 251 Å². The van der Waals surface area contributed by atoms with Gasteiger partial charge in [0.25, 0.3) is 0 Å². The first-order valence-corrected chi connectivity index (χ1v) is 27.3. The molecule has 0 fully saturated rings. The summed E-state index contributed by atoms with van der Waals surface area (Å²) >= 11 is 0. The van der Waals surface area contributed by atoms with E-state index in [0.29, 0.717) is 12.8 Å². The fourth-order valence-corrected chi connectivity index (χ4v) is 7.53. The zero-order valence-electron chi connectivity index (χ0n) is 42.5. The molecule has 0 aromatic rings. The zero-order valence-corrected chi connectivity index (χ0v) is 42.5. The van der Waals surface area contributed by atoms with Gasteiger partial charge in [-0.2, -0.15) is 0 Å². The molecule has 5 nitrogen and oxygen atoms in total. The number of allylic oxidation sites excluding steroid dienone is 16. The van der Waals surface area contributed by atoms with Crippen molar-refractivity contribution >= 4 is 11.9 Å². The van der Waals surface area contributed by atoms with Gasteiger partial charge >= 0.3 is 11.9 Å². The Balaban J connectivity index is 3.47. The molecule has 0 spiro atoms. The maximum Gasteiger partial charge on any atom is 0.306 e. The summed E-state index contributed by atoms with van der Waals surface area (Å²) in [6.07, 6.45) is 78.1. The monoisotopic (exact) mass is 903 g/mol. The van der Waals surface area contributed by atoms with Gasteiger partial charge in [-0.15, -0.1) is 0 Å². The molecular formula is C60H102O5. The van der Waals surface area contributed by atoms with Gasteiger partial charge in [0, 0.05) is 12.8 Å². The number of aliphatic hydroxyl groups excluding tert-OH is 1. The number of ether oxygens (including phenoxy) is 2. The SMILES string of the molecule is CC/C=C\C/C=C\C/C=C\C/C=C\C/C=C\C/C=C\C/C=C\CCCCCCCCCCCCCCCCCCCC(=O)OC(CO)COC(=O)CCCCCCC/C=C\CCCCC. The van der Waals surface area contributed by atoms with E-state index in [1.54, 1.807) is 0 Å². The van der Waals surface area contributed by atoms with Crippen LogP contribution >= 0.6 is 0 Å². The maximum atomic E-state index is 12.3. The van der Waals surface area contributed by atoms with Crippen LogP contribution in [0.5, 0.6) is 0 Å². The minimum atomic E-state index is -0.777. The predicted octanol–water partition coefficient (Wildman–Crippen LogP) is 18.4. The van der Waals surface area contributed by atoms with Crippen molar-refractivity contribution < 1.29 is 24.2 Å². The Morgan fingerprint density at radius 3 is 1.02 bits per heavy atom. The van der Waals surface area contributed by atoms with Crippen molar-refractivity contribution in [3.8, 4) is 0 Å². The summed E-state index contributed by atoms with van der Waals surface area (Å²) in [6.45, 7) is 4.00. The Morgan fingerprint density at radius 1 is 0.369 bits per heavy atom. The lowest BCUT2D eigenvalue weighted by atomic mass is 10.0. The van der Waals surface area contributed by atoms with Gasteiger partial charge in [0.1, 0.15) is 6.61 Å². The summed E-state index contributed by atoms with van der Waals surface area (Å²) in [5.41, 5.74) is 0. The van der Waals surface area contributed by atoms with Gasteiger partial charge in [0.15, 0.2) is 6.10 Å². The Labute approximate surface area is 402 Å². The van der Waals surface area contributed by atoms with Crippen molar-refractivity contribution in [3.63, 3.8) is 0 Å². The summed E-state index contributed by atoms with van der Waals surface area (Å²) in [4.78, 5) is 24.4. The van der Waals surface area contributed by atoms with E-state index in [1.165, 1.54) is 135 Å². The molecule has 0 saturated carbocycles. The number of rotatable bonds is 49. The third kappa shape index (κ3) is 53.3. The highest BCUT2D eigenvalue weighted by atomic mass is 16.6. The number of esters is 2. The Bertz CT molecular complexity index is 1250. The molecule has 0 bridgehead atoms. The zero-order chi connectivity index (χ0) is 47.0. The van der Waals surface area contributed by atoms with Crippen LogP contribution < -0.4 is 0 Å². The lowest BCUT2D eigenvalue weighted by molar-refractivity contribution is -0.161. The first kappa shape index (κ1) is 61.8. The van der Waals surface area contributed by atoms with Crippen molar-refractivity contribution in [1.29, 1.82) is 0 Å². The average Bonchev–Trinajstić information content (AvgIpc) is 3.31. The summed E-state index contributed by atoms with van der Waals surface area (Å²) in [5.74, 6) is -0.599. The van der Waals surface area contributed by atoms with E-state index in [0.717, 1.165) is 89.9 Å². The van der Waals surface area contributed by atoms with Crippen molar-refractivity contribution in [3.05, 3.63) is 97.2 Å². The van der Waals surface area contributed by atoms with E-state index < -0.39 is 6.10 Å². The molecule has 1 N–H and O–H groups in total. The van der Waals surface area contributed by atoms with Crippen LogP contribution in [-0.4, -0.2) is 36.4 Å². The highest BCUT2D eigenvalue weighted by molar-refractivity contribution is 5.70. The van der Waals surface area contributed by atoms with Crippen LogP contribution in [0.2, 0.25) is 0 Å². The van der Waals surface area contributed by atoms with E-state index in [1.807, 2.05) is 0 Å². The molecule has 1 unspecified atom stereocenters. The molecule has 0 heterocycles. The molecule has 0 aliphatic carbocycles. The second-order valence-electron chi connectivity index (χ2n) is 17.9. The number of hydrogen-bond donors (Lipinski definition) is 1. The third-order valence-corrected chi connectivity index (χ3v) is 11.6. The molecule has 65 heavy (non-hydrogen) atoms. The number of hydrogen-bond acceptors (Lipinski definition) is 5. The molecule has 0 rings (SSSR count). The summed E-state index contributed by atoms with van der Waals surface area (Å²) < 4.78 is 10.6. The summed E-state index contributed by atoms with van der Waals surface area (Å²) in [5, 5.41) is 9.60. The number of carbonyl (C=O) groups excluding carboxylic acids is 2. The van der Waals surface area contributed by atoms with Gasteiger partial charge in [-0.3, -0.25) is 9.59 Å². The van der Waals surface area contributed by atoms with E-state index in [2.05, 4.69) is 111 Å². The Morgan fingerprint density at radius 2 is 0.662 bits per heavy atom. The van der Waals surface area contributed by atoms with Crippen LogP contribution in [0.3, 0.4) is 0 Å². The smallest absolute Gasteiger partial charge is 0.306 e. The molecule has 0 radical (unpaired) electrons. The van der Waals surface area contributed by atoms with E-state index in [4.69, 9.17) is 9.47 Å². The maximum absolute atomic E-state index is 12.3. The lowest BCUT2D eigenvalue weighted by Gasteiger charge is -2.15. The third-order valence-electron chi connectivity index (χ3n) is 11.6. The summed E-state index contributed by atoms with van der Waals surface area (Å²) in [6, 6.07) is 0. The van der Waals surface area contributed by atoms with Crippen molar-refractivity contribution in [1.82, 2.24) is 0 Å². The van der Waals surface area contributed by atoms with Crippen molar-refractivity contribution in [2.45, 2.75) is 258 Å². The second-order valence-corrected chi connectivity index (χ2v) is 17.9. The molecule has 0 saturated heterocycles. The average molecular weight is 903 g/mol. The highest BCUT2D eigenvalue weighted by Gasteiger charge is 2.16. The van der Waals surface area contributed by atoms with Crippen molar-refractivity contribution in [2.24, 2.45) is 0 Å². The predicted molar refractivity (Wildman–Crippen MR) is 283 cm³/mol. The van der Waals surface area contributed by atoms with Crippen LogP contribution in [0.4, 0.5) is 0 Å². The molecule has 0 aromatic heterocycles. The standard InChI is InChI=1S/C60H102O5/c1-3-5-7-9-11-13-15-17-18-19-20-21-22-23-24-25-26-27-28-29-30-31-32-33-34-35-36-37-38-39-40-41-42-43-45-47-49-51-53-55-60(63)65-58(56-61)57-64-59(62)54-52-50-48-46-44-16-14-12-10-8-6-4-2/h5,7,11-14,17-18,20-21,23-24,26-27,29-30,58,61H,3-4,6,8-10,15-16,19,22,25,28,31-57H2,1-2H3/b7-5-,13-11-,14-12-,18-17-,21-20-,24-23-,27-26-,30-29-. The fourth-order valence-electron chi connectivity index (χ4n) is 7.53. The summed E-state index contributed by atoms with van der Waals surface area (Å²) in [7, 11) is 0. The largest absolute Gasteiger partial charge is 0.462 e. The molecular weight excluding hydrogens is 801 g/mol. The fraction of sp³-hybridized carbons (Fsp3) is 0.700. The normalized spacial score (nSPS) is 13.0. The first-order valence-electron chi connectivity index (χ1n) is 27.3. The van der Waals surface area contributed by atoms with Gasteiger partial charge in [-0.25, -0.2) is 0 Å². The Kier molecular flexibility index (Phi) is 52.5. The quantitative estimate of drug-likeness (QED) is 0.0374. The Hall–Kier alpha value is -3.18. The van der Waals surface area contributed by atoms with Crippen LogP contribution in [0, 0.1) is 0 Å². The van der Waals surface area contributed by atoms with E-state index >= 15 is 0 Å². The number of aliphatic hydroxyl groups is 1. The van der Waals surface area contributed by atoms with Gasteiger partial charge in [0.2, 0.25) is 0 Å². The molecule has 0 aliphatic rings. The van der Waals surface area contributed by atoms with Crippen LogP contribution in [0.25, 0.3) is 0 Å². The van der Waals surface area contributed by atoms with Gasteiger partial charge in [-0.1, -0.05) is 239 Å². The minimum Gasteiger partial charge on any atom is -0.462 e. The molecule has 0 aromatic carbocycles. The first-order chi connectivity index (χ1) is 32.1. The molecule has 5 heteroatoms. The van der Waals surface area contributed by atoms with Gasteiger partial charge in [0.05, 0.1) is 6.61 Å². The van der Waals surface area contributed by atoms with Crippen LogP contribution in [0.15, 0.2) is 97.2 Å². The van der Waals surface area contributed by atoms with E-state index in [9.17, 15) is 14.7 Å². The second kappa shape index (κ2) is 55.1. The lowest BCUT2D eigenvalue weighted by Crippen LogP contribution is -2.28. The highest BCUT2D eigenvalue weighted by Crippen LogP contribution is 2.16. The number of carbonyl (C=O) groups is 2. The molecule has 372 valence electrons. The van der Waals surface area contributed by atoms with Crippen molar-refractivity contribution in [2.75, 3.05) is 13.2 Å². The van der Waals surface area contributed by atoms with Gasteiger partial charge in [-0.05, 0) is 96.3 Å². The molecule has 0 aliphatic heterocycles.